The zero-order valence-corrected chi connectivity index (χ0v) is 28.7. The van der Waals surface area contributed by atoms with Crippen LogP contribution in [0.5, 0.6) is 0 Å². The molecule has 0 saturated carbocycles. The molecule has 7 atom stereocenters. The minimum absolute atomic E-state index is 0.0508. The molecule has 240 valence electrons. The van der Waals surface area contributed by atoms with E-state index in [-0.39, 0.29) is 14.5 Å². The average molecular weight is 651 g/mol. The van der Waals surface area contributed by atoms with E-state index in [1.54, 1.807) is 55.4 Å². The first-order valence-electron chi connectivity index (χ1n) is 14.2. The summed E-state index contributed by atoms with van der Waals surface area (Å²) in [5.74, 6) is -2.67. The topological polar surface area (TPSA) is 154 Å². The van der Waals surface area contributed by atoms with Crippen LogP contribution in [0.15, 0.2) is 18.9 Å². The van der Waals surface area contributed by atoms with Crippen molar-refractivity contribution in [2.75, 3.05) is 13.7 Å². The molecule has 1 N–H and O–H groups in total. The SMILES string of the molecule is CCN[C@H]1C[C@H](C)S(=O)(=O)c2sc(S(=O)(=O)N=CC(C)C(C)(CC)OC(=O)C(C)C(C)(CC)OC(=O)C(C)OC)cc21. The van der Waals surface area contributed by atoms with Gasteiger partial charge in [-0.25, -0.2) is 13.2 Å². The van der Waals surface area contributed by atoms with Crippen molar-refractivity contribution in [1.82, 2.24) is 5.32 Å². The lowest BCUT2D eigenvalue weighted by molar-refractivity contribution is -0.188. The van der Waals surface area contributed by atoms with Gasteiger partial charge in [-0.2, -0.15) is 12.8 Å². The van der Waals surface area contributed by atoms with Gasteiger partial charge >= 0.3 is 11.9 Å². The first-order valence-corrected chi connectivity index (χ1v) is 18.0. The Kier molecular flexibility index (Phi) is 12.0. The van der Waals surface area contributed by atoms with Crippen LogP contribution in [0.2, 0.25) is 0 Å². The van der Waals surface area contributed by atoms with E-state index in [2.05, 4.69) is 9.71 Å². The molecule has 1 aromatic heterocycles. The molecule has 0 spiro atoms. The highest BCUT2D eigenvalue weighted by atomic mass is 32.3. The first-order chi connectivity index (χ1) is 19.3. The maximum atomic E-state index is 13.3. The molecular formula is C28H46N2O9S3. The van der Waals surface area contributed by atoms with E-state index >= 15 is 0 Å². The highest BCUT2D eigenvalue weighted by Crippen LogP contribution is 2.43. The summed E-state index contributed by atoms with van der Waals surface area (Å²) in [5.41, 5.74) is -1.84. The normalized spacial score (nSPS) is 23.7. The molecule has 5 unspecified atom stereocenters. The lowest BCUT2D eigenvalue weighted by atomic mass is 9.86. The summed E-state index contributed by atoms with van der Waals surface area (Å²) in [6.07, 6.45) is 1.45. The summed E-state index contributed by atoms with van der Waals surface area (Å²) >= 11 is 0.710. The fraction of sp³-hybridized carbons (Fsp3) is 0.750. The molecule has 42 heavy (non-hydrogen) atoms. The summed E-state index contributed by atoms with van der Waals surface area (Å²) in [4.78, 5) is 25.7. The second-order valence-corrected chi connectivity index (χ2v) is 16.8. The van der Waals surface area contributed by atoms with Crippen LogP contribution >= 0.6 is 11.3 Å². The fourth-order valence-corrected chi connectivity index (χ4v) is 9.41. The van der Waals surface area contributed by atoms with Crippen molar-refractivity contribution >= 4 is 49.4 Å². The van der Waals surface area contributed by atoms with Crippen molar-refractivity contribution in [1.29, 1.82) is 0 Å². The molecule has 0 saturated heterocycles. The molecule has 0 radical (unpaired) electrons. The van der Waals surface area contributed by atoms with Crippen molar-refractivity contribution in [3.63, 3.8) is 0 Å². The van der Waals surface area contributed by atoms with Crippen LogP contribution in [0.4, 0.5) is 0 Å². The maximum Gasteiger partial charge on any atom is 0.335 e. The van der Waals surface area contributed by atoms with Gasteiger partial charge in [0.2, 0.25) is 0 Å². The van der Waals surface area contributed by atoms with Gasteiger partial charge in [-0.15, -0.1) is 11.3 Å². The molecule has 0 aliphatic carbocycles. The summed E-state index contributed by atoms with van der Waals surface area (Å²) in [6, 6.07) is 1.12. The van der Waals surface area contributed by atoms with Crippen LogP contribution < -0.4 is 5.32 Å². The zero-order valence-electron chi connectivity index (χ0n) is 26.2. The molecular weight excluding hydrogens is 605 g/mol. The Bertz CT molecular complexity index is 1370. The number of sulfonamides is 1. The third kappa shape index (κ3) is 7.61. The van der Waals surface area contributed by atoms with Crippen molar-refractivity contribution in [2.24, 2.45) is 16.2 Å². The number of rotatable bonds is 14. The number of esters is 2. The number of methoxy groups -OCH3 is 1. The van der Waals surface area contributed by atoms with Crippen LogP contribution in [0.25, 0.3) is 0 Å². The molecule has 0 bridgehead atoms. The molecule has 2 rings (SSSR count). The van der Waals surface area contributed by atoms with Gasteiger partial charge in [0.05, 0.1) is 11.2 Å². The molecule has 1 aliphatic rings. The summed E-state index contributed by atoms with van der Waals surface area (Å²) < 4.78 is 72.7. The van der Waals surface area contributed by atoms with Crippen molar-refractivity contribution < 1.29 is 40.6 Å². The van der Waals surface area contributed by atoms with Gasteiger partial charge in [-0.1, -0.05) is 27.7 Å². The molecule has 0 amide bonds. The van der Waals surface area contributed by atoms with Gasteiger partial charge in [-0.05, 0) is 66.5 Å². The molecule has 11 nitrogen and oxygen atoms in total. The highest BCUT2D eigenvalue weighted by Gasteiger charge is 2.44. The average Bonchev–Trinajstić information content (AvgIpc) is 3.42. The van der Waals surface area contributed by atoms with E-state index in [1.165, 1.54) is 19.4 Å². The Morgan fingerprint density at radius 2 is 1.69 bits per heavy atom. The number of fused-ring (bicyclic) bond motifs is 1. The van der Waals surface area contributed by atoms with Crippen molar-refractivity contribution in [3.8, 4) is 0 Å². The Morgan fingerprint density at radius 3 is 2.21 bits per heavy atom. The third-order valence-electron chi connectivity index (χ3n) is 8.55. The number of hydrogen-bond acceptors (Lipinski definition) is 11. The van der Waals surface area contributed by atoms with Crippen LogP contribution in [0.3, 0.4) is 0 Å². The van der Waals surface area contributed by atoms with Crippen molar-refractivity contribution in [2.45, 2.75) is 119 Å². The van der Waals surface area contributed by atoms with E-state index < -0.39 is 66.2 Å². The zero-order chi connectivity index (χ0) is 32.3. The van der Waals surface area contributed by atoms with Gasteiger partial charge < -0.3 is 19.5 Å². The maximum absolute atomic E-state index is 13.3. The van der Waals surface area contributed by atoms with Gasteiger partial charge in [0.15, 0.2) is 15.9 Å². The van der Waals surface area contributed by atoms with Gasteiger partial charge in [0.25, 0.3) is 10.0 Å². The third-order valence-corrected chi connectivity index (χ3v) is 14.2. The molecule has 0 aromatic carbocycles. The van der Waals surface area contributed by atoms with E-state index in [0.29, 0.717) is 42.7 Å². The van der Waals surface area contributed by atoms with E-state index in [4.69, 9.17) is 14.2 Å². The molecule has 14 heteroatoms. The smallest absolute Gasteiger partial charge is 0.335 e. The lowest BCUT2D eigenvalue weighted by Gasteiger charge is -2.38. The van der Waals surface area contributed by atoms with Crippen LogP contribution in [-0.2, 0) is 43.7 Å². The molecule has 1 aliphatic heterocycles. The summed E-state index contributed by atoms with van der Waals surface area (Å²) in [5, 5.41) is 2.60. The summed E-state index contributed by atoms with van der Waals surface area (Å²) in [6.45, 7) is 15.9. The van der Waals surface area contributed by atoms with E-state index in [9.17, 15) is 26.4 Å². The minimum Gasteiger partial charge on any atom is -0.458 e. The Morgan fingerprint density at radius 1 is 1.12 bits per heavy atom. The lowest BCUT2D eigenvalue weighted by Crippen LogP contribution is -2.48. The second kappa shape index (κ2) is 13.8. The predicted octanol–water partition coefficient (Wildman–Crippen LogP) is 4.46. The fourth-order valence-electron chi connectivity index (χ4n) is 4.48. The standard InChI is InChI=1S/C28H46N2O9S3/c1-11-27(8,38-24(31)19(6)28(9,12-2)39-25(32)20(7)37-10)17(4)16-30-42(35,36)23-15-21-22(29-13-3)14-18(5)41(33,34)26(21)40-23/h15-20,22,29H,11-14H2,1-10H3/t17?,18-,19?,20?,22-,27?,28?/m0/s1. The Hall–Kier alpha value is -1.87. The number of carbonyl (C=O) groups excluding carboxylic acids is 2. The molecule has 1 aromatic rings. The number of thiophene rings is 1. The van der Waals surface area contributed by atoms with Crippen LogP contribution in [0, 0.1) is 11.8 Å². The number of sulfone groups is 1. The minimum atomic E-state index is -4.23. The largest absolute Gasteiger partial charge is 0.458 e. The van der Waals surface area contributed by atoms with Gasteiger partial charge in [0, 0.05) is 30.8 Å². The van der Waals surface area contributed by atoms with Crippen LogP contribution in [0.1, 0.15) is 93.2 Å². The quantitative estimate of drug-likeness (QED) is 0.226. The number of carbonyl (C=O) groups is 2. The Balaban J connectivity index is 2.30. The van der Waals surface area contributed by atoms with E-state index in [1.807, 2.05) is 6.92 Å². The van der Waals surface area contributed by atoms with E-state index in [0.717, 1.165) is 0 Å². The highest BCUT2D eigenvalue weighted by molar-refractivity contribution is 7.96. The van der Waals surface area contributed by atoms with Gasteiger partial charge in [-0.3, -0.25) is 4.79 Å². The van der Waals surface area contributed by atoms with Crippen LogP contribution in [-0.4, -0.2) is 71.2 Å². The Labute approximate surface area is 254 Å². The van der Waals surface area contributed by atoms with Gasteiger partial charge in [0.1, 0.15) is 19.6 Å². The predicted molar refractivity (Wildman–Crippen MR) is 162 cm³/mol. The van der Waals surface area contributed by atoms with Crippen molar-refractivity contribution in [3.05, 3.63) is 11.6 Å². The monoisotopic (exact) mass is 650 g/mol. The summed E-state index contributed by atoms with van der Waals surface area (Å²) in [7, 11) is -6.50. The number of hydrogen-bond donors (Lipinski definition) is 1. The number of nitrogens with one attached hydrogen (secondary N) is 1. The first kappa shape index (κ1) is 36.3. The number of ether oxygens (including phenoxy) is 3. The second-order valence-electron chi connectivity index (χ2n) is 11.3. The molecule has 0 fully saturated rings. The number of nitrogens with zero attached hydrogens (tertiary/aromatic N) is 1. The molecule has 2 heterocycles.